The Labute approximate surface area is 102 Å². The Balaban J connectivity index is 2.19. The molecule has 0 spiro atoms. The number of anilines is 1. The number of carbonyl (C=O) groups excluding carboxylic acids is 1. The second kappa shape index (κ2) is 4.84. The quantitative estimate of drug-likeness (QED) is 0.859. The van der Waals surface area contributed by atoms with Crippen molar-refractivity contribution in [3.8, 4) is 0 Å². The monoisotopic (exact) mass is 233 g/mol. The number of hydrogen-bond donors (Lipinski definition) is 1. The van der Waals surface area contributed by atoms with Gasteiger partial charge in [-0.2, -0.15) is 0 Å². The molecule has 1 atom stereocenters. The molecule has 1 aliphatic heterocycles. The Morgan fingerprint density at radius 1 is 1.59 bits per heavy atom. The lowest BCUT2D eigenvalue weighted by Gasteiger charge is -2.30. The van der Waals surface area contributed by atoms with E-state index in [9.17, 15) is 4.79 Å². The molecule has 1 saturated heterocycles. The summed E-state index contributed by atoms with van der Waals surface area (Å²) in [7, 11) is 1.81. The van der Waals surface area contributed by atoms with Crippen LogP contribution in [0.25, 0.3) is 0 Å². The topological polar surface area (TPSA) is 45.2 Å². The van der Waals surface area contributed by atoms with Crippen molar-refractivity contribution in [1.29, 1.82) is 0 Å². The van der Waals surface area contributed by atoms with Crippen LogP contribution < -0.4 is 10.2 Å². The van der Waals surface area contributed by atoms with E-state index in [1.165, 1.54) is 0 Å². The van der Waals surface area contributed by atoms with Crippen LogP contribution in [0, 0.1) is 5.41 Å². The Kier molecular flexibility index (Phi) is 3.43. The highest BCUT2D eigenvalue weighted by molar-refractivity contribution is 5.96. The van der Waals surface area contributed by atoms with E-state index in [-0.39, 0.29) is 11.3 Å². The van der Waals surface area contributed by atoms with Gasteiger partial charge >= 0.3 is 0 Å². The van der Waals surface area contributed by atoms with Crippen LogP contribution >= 0.6 is 0 Å². The van der Waals surface area contributed by atoms with Crippen molar-refractivity contribution < 1.29 is 4.79 Å². The SMILES string of the molecule is CCC1(C(=O)N(C)c2ccccn2)CCNC1. The van der Waals surface area contributed by atoms with Crippen LogP contribution in [0.2, 0.25) is 0 Å². The van der Waals surface area contributed by atoms with E-state index in [1.54, 1.807) is 18.1 Å². The number of nitrogens with one attached hydrogen (secondary N) is 1. The average Bonchev–Trinajstić information content (AvgIpc) is 2.88. The maximum Gasteiger partial charge on any atom is 0.235 e. The molecule has 0 aliphatic carbocycles. The fourth-order valence-electron chi connectivity index (χ4n) is 2.39. The van der Waals surface area contributed by atoms with Crippen LogP contribution in [0.1, 0.15) is 19.8 Å². The highest BCUT2D eigenvalue weighted by Gasteiger charge is 2.41. The van der Waals surface area contributed by atoms with Gasteiger partial charge in [-0.15, -0.1) is 0 Å². The molecule has 0 radical (unpaired) electrons. The molecule has 1 amide bonds. The summed E-state index contributed by atoms with van der Waals surface area (Å²) >= 11 is 0. The van der Waals surface area contributed by atoms with E-state index in [0.29, 0.717) is 0 Å². The van der Waals surface area contributed by atoms with Gasteiger partial charge in [0.2, 0.25) is 5.91 Å². The highest BCUT2D eigenvalue weighted by atomic mass is 16.2. The smallest absolute Gasteiger partial charge is 0.235 e. The Morgan fingerprint density at radius 3 is 2.94 bits per heavy atom. The Bertz CT molecular complexity index is 385. The van der Waals surface area contributed by atoms with Gasteiger partial charge < -0.3 is 5.32 Å². The summed E-state index contributed by atoms with van der Waals surface area (Å²) in [5.41, 5.74) is -0.244. The lowest BCUT2D eigenvalue weighted by atomic mass is 9.83. The number of carbonyl (C=O) groups is 1. The number of rotatable bonds is 3. The van der Waals surface area contributed by atoms with Crippen LogP contribution in [-0.4, -0.2) is 31.0 Å². The molecule has 0 saturated carbocycles. The second-order valence-electron chi connectivity index (χ2n) is 4.61. The van der Waals surface area contributed by atoms with Crippen LogP contribution in [0.4, 0.5) is 5.82 Å². The molecular formula is C13H19N3O. The number of aromatic nitrogens is 1. The Morgan fingerprint density at radius 2 is 2.41 bits per heavy atom. The molecule has 1 N–H and O–H groups in total. The summed E-state index contributed by atoms with van der Waals surface area (Å²) in [5.74, 6) is 0.890. The standard InChI is InChI=1S/C13H19N3O/c1-3-13(7-9-14-10-13)12(17)16(2)11-6-4-5-8-15-11/h4-6,8,14H,3,7,9-10H2,1-2H3. The second-order valence-corrected chi connectivity index (χ2v) is 4.61. The summed E-state index contributed by atoms with van der Waals surface area (Å²) < 4.78 is 0. The van der Waals surface area contributed by atoms with E-state index in [4.69, 9.17) is 0 Å². The van der Waals surface area contributed by atoms with E-state index < -0.39 is 0 Å². The maximum atomic E-state index is 12.5. The summed E-state index contributed by atoms with van der Waals surface area (Å²) in [6, 6.07) is 5.62. The zero-order chi connectivity index (χ0) is 12.3. The van der Waals surface area contributed by atoms with Gasteiger partial charge in [0.05, 0.1) is 5.41 Å². The van der Waals surface area contributed by atoms with Crippen LogP contribution in [0.3, 0.4) is 0 Å². The molecule has 2 heterocycles. The fraction of sp³-hybridized carbons (Fsp3) is 0.538. The number of hydrogen-bond acceptors (Lipinski definition) is 3. The molecule has 2 rings (SSSR count). The van der Waals surface area contributed by atoms with Crippen LogP contribution in [-0.2, 0) is 4.79 Å². The molecule has 0 bridgehead atoms. The molecule has 1 aromatic rings. The first-order valence-corrected chi connectivity index (χ1v) is 6.09. The fourth-order valence-corrected chi connectivity index (χ4v) is 2.39. The first-order valence-electron chi connectivity index (χ1n) is 6.09. The molecular weight excluding hydrogens is 214 g/mol. The lowest BCUT2D eigenvalue weighted by Crippen LogP contribution is -2.43. The average molecular weight is 233 g/mol. The molecule has 1 aromatic heterocycles. The minimum atomic E-state index is -0.244. The molecule has 1 fully saturated rings. The molecule has 4 heteroatoms. The third kappa shape index (κ3) is 2.17. The zero-order valence-electron chi connectivity index (χ0n) is 10.4. The van der Waals surface area contributed by atoms with Crippen LogP contribution in [0.5, 0.6) is 0 Å². The third-order valence-electron chi connectivity index (χ3n) is 3.67. The van der Waals surface area contributed by atoms with Crippen molar-refractivity contribution in [1.82, 2.24) is 10.3 Å². The largest absolute Gasteiger partial charge is 0.316 e. The predicted molar refractivity (Wildman–Crippen MR) is 67.9 cm³/mol. The van der Waals surface area contributed by atoms with Crippen molar-refractivity contribution >= 4 is 11.7 Å². The van der Waals surface area contributed by atoms with E-state index in [2.05, 4.69) is 17.2 Å². The maximum absolute atomic E-state index is 12.5. The molecule has 1 aliphatic rings. The van der Waals surface area contributed by atoms with E-state index in [0.717, 1.165) is 31.7 Å². The lowest BCUT2D eigenvalue weighted by molar-refractivity contribution is -0.127. The van der Waals surface area contributed by atoms with Gasteiger partial charge in [0.25, 0.3) is 0 Å². The van der Waals surface area contributed by atoms with Crippen molar-refractivity contribution in [2.45, 2.75) is 19.8 Å². The first-order chi connectivity index (χ1) is 8.19. The number of amides is 1. The normalized spacial score (nSPS) is 23.6. The van der Waals surface area contributed by atoms with Gasteiger partial charge in [0.1, 0.15) is 5.82 Å². The van der Waals surface area contributed by atoms with E-state index in [1.807, 2.05) is 18.2 Å². The van der Waals surface area contributed by atoms with Crippen LogP contribution in [0.15, 0.2) is 24.4 Å². The zero-order valence-corrected chi connectivity index (χ0v) is 10.4. The van der Waals surface area contributed by atoms with Gasteiger partial charge in [-0.3, -0.25) is 9.69 Å². The van der Waals surface area contributed by atoms with Gasteiger partial charge in [-0.25, -0.2) is 4.98 Å². The summed E-state index contributed by atoms with van der Waals surface area (Å²) in [5, 5.41) is 3.28. The van der Waals surface area contributed by atoms with Gasteiger partial charge in [0, 0.05) is 19.8 Å². The van der Waals surface area contributed by atoms with Gasteiger partial charge in [0.15, 0.2) is 0 Å². The summed E-state index contributed by atoms with van der Waals surface area (Å²) in [4.78, 5) is 18.4. The third-order valence-corrected chi connectivity index (χ3v) is 3.67. The number of pyridine rings is 1. The van der Waals surface area contributed by atoms with Crippen molar-refractivity contribution in [2.24, 2.45) is 5.41 Å². The molecule has 0 aromatic carbocycles. The molecule has 92 valence electrons. The van der Waals surface area contributed by atoms with E-state index >= 15 is 0 Å². The summed E-state index contributed by atoms with van der Waals surface area (Å²) in [6.07, 6.45) is 3.50. The van der Waals surface area contributed by atoms with Gasteiger partial charge in [-0.05, 0) is 31.5 Å². The Hall–Kier alpha value is -1.42. The molecule has 1 unspecified atom stereocenters. The van der Waals surface area contributed by atoms with Gasteiger partial charge in [-0.1, -0.05) is 13.0 Å². The highest BCUT2D eigenvalue weighted by Crippen LogP contribution is 2.32. The minimum absolute atomic E-state index is 0.170. The van der Waals surface area contributed by atoms with Crippen molar-refractivity contribution in [3.63, 3.8) is 0 Å². The summed E-state index contributed by atoms with van der Waals surface area (Å²) in [6.45, 7) is 3.78. The predicted octanol–water partition coefficient (Wildman–Crippen LogP) is 1.43. The minimum Gasteiger partial charge on any atom is -0.316 e. The molecule has 4 nitrogen and oxygen atoms in total. The van der Waals surface area contributed by atoms with Crippen molar-refractivity contribution in [3.05, 3.63) is 24.4 Å². The number of nitrogens with zero attached hydrogens (tertiary/aromatic N) is 2. The van der Waals surface area contributed by atoms with Crippen molar-refractivity contribution in [2.75, 3.05) is 25.0 Å². The first kappa shape index (κ1) is 12.0. The molecule has 17 heavy (non-hydrogen) atoms.